The number of halogens is 1. The van der Waals surface area contributed by atoms with Crippen LogP contribution in [0.15, 0.2) is 59.5 Å². The zero-order valence-electron chi connectivity index (χ0n) is 15.3. The molecule has 1 heterocycles. The highest BCUT2D eigenvalue weighted by atomic mass is 32.2. The predicted octanol–water partition coefficient (Wildman–Crippen LogP) is 3.00. The molecule has 0 unspecified atom stereocenters. The molecule has 0 radical (unpaired) electrons. The Morgan fingerprint density at radius 2 is 1.81 bits per heavy atom. The minimum absolute atomic E-state index is 0.0583. The number of hydrogen-bond acceptors (Lipinski definition) is 4. The molecule has 1 atom stereocenters. The third kappa shape index (κ3) is 5.13. The minimum atomic E-state index is -3.79. The summed E-state index contributed by atoms with van der Waals surface area (Å²) in [5.41, 5.74) is 0.713. The summed E-state index contributed by atoms with van der Waals surface area (Å²) in [6, 6.07) is 15.1. The summed E-state index contributed by atoms with van der Waals surface area (Å²) in [4.78, 5) is -0.0687. The summed E-state index contributed by atoms with van der Waals surface area (Å²) in [7, 11) is -3.79. The average Bonchev–Trinajstić information content (AvgIpc) is 2.68. The molecular weight excluding hydrogens is 367 g/mol. The molecule has 0 saturated carbocycles. The van der Waals surface area contributed by atoms with Gasteiger partial charge in [0, 0.05) is 31.3 Å². The molecule has 146 valence electrons. The van der Waals surface area contributed by atoms with E-state index < -0.39 is 21.4 Å². The number of rotatable bonds is 7. The molecule has 0 spiro atoms. The van der Waals surface area contributed by atoms with Crippen LogP contribution in [0.4, 0.5) is 4.39 Å². The maximum absolute atomic E-state index is 13.4. The molecule has 3 rings (SSSR count). The van der Waals surface area contributed by atoms with Gasteiger partial charge in [-0.2, -0.15) is 0 Å². The molecule has 0 aromatic heterocycles. The van der Waals surface area contributed by atoms with Gasteiger partial charge in [0.25, 0.3) is 0 Å². The van der Waals surface area contributed by atoms with Crippen LogP contribution in [-0.2, 0) is 14.8 Å². The van der Waals surface area contributed by atoms with Gasteiger partial charge in [-0.15, -0.1) is 0 Å². The van der Waals surface area contributed by atoms with Crippen LogP contribution in [0.1, 0.15) is 31.4 Å². The second-order valence-corrected chi connectivity index (χ2v) is 8.72. The van der Waals surface area contributed by atoms with Crippen LogP contribution in [-0.4, -0.2) is 33.7 Å². The fraction of sp³-hybridized carbons (Fsp3) is 0.400. The summed E-state index contributed by atoms with van der Waals surface area (Å²) in [6.45, 7) is 3.41. The summed E-state index contributed by atoms with van der Waals surface area (Å²) >= 11 is 0. The lowest BCUT2D eigenvalue weighted by Gasteiger charge is -2.40. The van der Waals surface area contributed by atoms with Crippen LogP contribution in [0.25, 0.3) is 0 Å². The van der Waals surface area contributed by atoms with E-state index in [0.29, 0.717) is 26.1 Å². The van der Waals surface area contributed by atoms with E-state index in [1.54, 1.807) is 0 Å². The molecule has 1 fully saturated rings. The fourth-order valence-corrected chi connectivity index (χ4v) is 4.53. The third-order valence-electron chi connectivity index (χ3n) is 4.98. The molecule has 0 amide bonds. The minimum Gasteiger partial charge on any atom is -0.381 e. The van der Waals surface area contributed by atoms with Crippen molar-refractivity contribution in [3.05, 3.63) is 66.0 Å². The molecule has 1 aliphatic heterocycles. The third-order valence-corrected chi connectivity index (χ3v) is 6.38. The Bertz CT molecular complexity index is 853. The normalized spacial score (nSPS) is 18.1. The van der Waals surface area contributed by atoms with E-state index in [9.17, 15) is 12.8 Å². The van der Waals surface area contributed by atoms with Gasteiger partial charge in [0.15, 0.2) is 0 Å². The van der Waals surface area contributed by atoms with Gasteiger partial charge in [-0.25, -0.2) is 17.5 Å². The molecule has 2 N–H and O–H groups in total. The van der Waals surface area contributed by atoms with Crippen molar-refractivity contribution in [2.75, 3.05) is 19.8 Å². The van der Waals surface area contributed by atoms with Crippen LogP contribution in [0, 0.1) is 5.82 Å². The van der Waals surface area contributed by atoms with Gasteiger partial charge in [-0.05, 0) is 43.5 Å². The van der Waals surface area contributed by atoms with E-state index in [-0.39, 0.29) is 17.5 Å². The van der Waals surface area contributed by atoms with Gasteiger partial charge in [-0.3, -0.25) is 0 Å². The highest BCUT2D eigenvalue weighted by Crippen LogP contribution is 2.25. The molecule has 5 nitrogen and oxygen atoms in total. The molecule has 0 aliphatic carbocycles. The van der Waals surface area contributed by atoms with Crippen molar-refractivity contribution in [2.45, 2.75) is 36.2 Å². The van der Waals surface area contributed by atoms with Crippen molar-refractivity contribution in [2.24, 2.45) is 0 Å². The van der Waals surface area contributed by atoms with Crippen molar-refractivity contribution in [3.63, 3.8) is 0 Å². The Balaban J connectivity index is 1.75. The maximum Gasteiger partial charge on any atom is 0.240 e. The van der Waals surface area contributed by atoms with Crippen molar-refractivity contribution in [1.82, 2.24) is 10.0 Å². The highest BCUT2D eigenvalue weighted by molar-refractivity contribution is 7.89. The summed E-state index contributed by atoms with van der Waals surface area (Å²) < 4.78 is 46.7. The lowest BCUT2D eigenvalue weighted by atomic mass is 9.88. The zero-order valence-corrected chi connectivity index (χ0v) is 16.1. The van der Waals surface area contributed by atoms with Gasteiger partial charge >= 0.3 is 0 Å². The van der Waals surface area contributed by atoms with Gasteiger partial charge in [0.05, 0.1) is 4.90 Å². The summed E-state index contributed by atoms with van der Waals surface area (Å²) in [6.07, 6.45) is 1.38. The largest absolute Gasteiger partial charge is 0.381 e. The standard InChI is InChI=1S/C20H25FN2O3S/c1-16(17-6-3-2-4-7-17)23-20(10-12-26-13-11-20)15-22-27(24,25)19-9-5-8-18(21)14-19/h2-9,14,16,22-23H,10-13,15H2,1H3/t16-/m0/s1. The van der Waals surface area contributed by atoms with E-state index >= 15 is 0 Å². The second-order valence-electron chi connectivity index (χ2n) is 6.95. The van der Waals surface area contributed by atoms with E-state index in [2.05, 4.69) is 17.0 Å². The lowest BCUT2D eigenvalue weighted by molar-refractivity contribution is 0.0358. The topological polar surface area (TPSA) is 67.4 Å². The van der Waals surface area contributed by atoms with Gasteiger partial charge in [0.2, 0.25) is 10.0 Å². The van der Waals surface area contributed by atoms with Gasteiger partial charge < -0.3 is 10.1 Å². The van der Waals surface area contributed by atoms with Crippen LogP contribution in [0.2, 0.25) is 0 Å². The zero-order chi connectivity index (χ0) is 19.3. The van der Waals surface area contributed by atoms with E-state index in [0.717, 1.165) is 11.6 Å². The Morgan fingerprint density at radius 3 is 2.48 bits per heavy atom. The van der Waals surface area contributed by atoms with Crippen molar-refractivity contribution < 1.29 is 17.5 Å². The summed E-state index contributed by atoms with van der Waals surface area (Å²) in [5, 5.41) is 3.60. The van der Waals surface area contributed by atoms with Crippen LogP contribution in [0.3, 0.4) is 0 Å². The monoisotopic (exact) mass is 392 g/mol. The predicted molar refractivity (Wildman–Crippen MR) is 102 cm³/mol. The SMILES string of the molecule is C[C@H](NC1(CNS(=O)(=O)c2cccc(F)c2)CCOCC1)c1ccccc1. The Hall–Kier alpha value is -1.80. The van der Waals surface area contributed by atoms with Crippen LogP contribution < -0.4 is 10.0 Å². The molecular formula is C20H25FN2O3S. The molecule has 27 heavy (non-hydrogen) atoms. The van der Waals surface area contributed by atoms with Crippen molar-refractivity contribution in [3.8, 4) is 0 Å². The first kappa shape index (κ1) is 19.9. The van der Waals surface area contributed by atoms with E-state index in [4.69, 9.17) is 4.74 Å². The number of benzene rings is 2. The lowest BCUT2D eigenvalue weighted by Crippen LogP contribution is -2.57. The Kier molecular flexibility index (Phi) is 6.26. The number of nitrogens with one attached hydrogen (secondary N) is 2. The Morgan fingerprint density at radius 1 is 1.11 bits per heavy atom. The summed E-state index contributed by atoms with van der Waals surface area (Å²) in [5.74, 6) is -0.575. The van der Waals surface area contributed by atoms with Crippen LogP contribution >= 0.6 is 0 Å². The molecule has 7 heteroatoms. The molecule has 2 aromatic rings. The quantitative estimate of drug-likeness (QED) is 0.760. The van der Waals surface area contributed by atoms with Crippen molar-refractivity contribution >= 4 is 10.0 Å². The average molecular weight is 392 g/mol. The van der Waals surface area contributed by atoms with E-state index in [1.807, 2.05) is 30.3 Å². The molecule has 1 saturated heterocycles. The maximum atomic E-state index is 13.4. The first-order valence-corrected chi connectivity index (χ1v) is 10.5. The van der Waals surface area contributed by atoms with Gasteiger partial charge in [-0.1, -0.05) is 36.4 Å². The number of sulfonamides is 1. The molecule has 1 aliphatic rings. The van der Waals surface area contributed by atoms with Crippen molar-refractivity contribution in [1.29, 1.82) is 0 Å². The highest BCUT2D eigenvalue weighted by Gasteiger charge is 2.35. The number of hydrogen-bond donors (Lipinski definition) is 2. The first-order valence-electron chi connectivity index (χ1n) is 9.06. The van der Waals surface area contributed by atoms with E-state index in [1.165, 1.54) is 18.2 Å². The first-order chi connectivity index (χ1) is 12.9. The smallest absolute Gasteiger partial charge is 0.240 e. The fourth-order valence-electron chi connectivity index (χ4n) is 3.37. The molecule has 2 aromatic carbocycles. The Labute approximate surface area is 160 Å². The number of ether oxygens (including phenoxy) is 1. The van der Waals surface area contributed by atoms with Crippen LogP contribution in [0.5, 0.6) is 0 Å². The second kappa shape index (κ2) is 8.48. The molecule has 0 bridgehead atoms. The van der Waals surface area contributed by atoms with Gasteiger partial charge in [0.1, 0.15) is 5.82 Å².